The fourth-order valence-electron chi connectivity index (χ4n) is 2.34. The van der Waals surface area contributed by atoms with Crippen molar-refractivity contribution in [3.8, 4) is 0 Å². The molecule has 0 saturated carbocycles. The lowest BCUT2D eigenvalue weighted by Gasteiger charge is -2.13. The normalized spacial score (nSPS) is 28.0. The van der Waals surface area contributed by atoms with Gasteiger partial charge in [0.05, 0.1) is 19.0 Å². The third-order valence-corrected chi connectivity index (χ3v) is 3.42. The molecule has 1 aliphatic heterocycles. The summed E-state index contributed by atoms with van der Waals surface area (Å²) in [6.07, 6.45) is 3.61. The molecule has 2 aromatic heterocycles. The fourth-order valence-corrected chi connectivity index (χ4v) is 2.34. The molecule has 0 spiro atoms. The van der Waals surface area contributed by atoms with Gasteiger partial charge in [0.25, 0.3) is 0 Å². The van der Waals surface area contributed by atoms with Crippen molar-refractivity contribution in [1.29, 1.82) is 0 Å². The van der Waals surface area contributed by atoms with Crippen LogP contribution in [0.4, 0.5) is 5.82 Å². The maximum absolute atomic E-state index is 9.21. The van der Waals surface area contributed by atoms with Crippen LogP contribution in [-0.2, 0) is 4.74 Å². The second-order valence-corrected chi connectivity index (χ2v) is 4.61. The van der Waals surface area contributed by atoms with E-state index in [0.29, 0.717) is 22.9 Å². The lowest BCUT2D eigenvalue weighted by Crippen LogP contribution is -2.18. The number of nitrogens with two attached hydrogens (primary N) is 1. The van der Waals surface area contributed by atoms with Gasteiger partial charge in [-0.05, 0) is 12.3 Å². The van der Waals surface area contributed by atoms with E-state index in [2.05, 4.69) is 21.9 Å². The fraction of sp³-hybridized carbons (Fsp3) is 0.545. The van der Waals surface area contributed by atoms with Gasteiger partial charge in [0, 0.05) is 0 Å². The van der Waals surface area contributed by atoms with E-state index in [1.54, 1.807) is 6.33 Å². The molecule has 96 valence electrons. The van der Waals surface area contributed by atoms with Crippen LogP contribution in [0.25, 0.3) is 11.2 Å². The molecule has 2 aromatic rings. The monoisotopic (exact) mass is 249 g/mol. The predicted octanol–water partition coefficient (Wildman–Crippen LogP) is 0.324. The van der Waals surface area contributed by atoms with Crippen molar-refractivity contribution in [3.05, 3.63) is 12.7 Å². The van der Waals surface area contributed by atoms with Crippen LogP contribution in [0.5, 0.6) is 0 Å². The van der Waals surface area contributed by atoms with E-state index < -0.39 is 0 Å². The molecule has 3 heterocycles. The molecule has 1 saturated heterocycles. The Morgan fingerprint density at radius 1 is 1.50 bits per heavy atom. The molecule has 0 bridgehead atoms. The van der Waals surface area contributed by atoms with Gasteiger partial charge < -0.3 is 15.6 Å². The molecule has 18 heavy (non-hydrogen) atoms. The molecule has 3 atom stereocenters. The minimum atomic E-state index is -0.156. The van der Waals surface area contributed by atoms with Crippen LogP contribution in [0.1, 0.15) is 19.6 Å². The summed E-state index contributed by atoms with van der Waals surface area (Å²) in [5, 5.41) is 9.21. The highest BCUT2D eigenvalue weighted by Gasteiger charge is 2.33. The second kappa shape index (κ2) is 4.18. The van der Waals surface area contributed by atoms with Crippen molar-refractivity contribution in [1.82, 2.24) is 19.5 Å². The summed E-state index contributed by atoms with van der Waals surface area (Å²) < 4.78 is 7.63. The van der Waals surface area contributed by atoms with Crippen LogP contribution in [0, 0.1) is 5.92 Å². The highest BCUT2D eigenvalue weighted by atomic mass is 16.5. The number of fused-ring (bicyclic) bond motifs is 1. The standard InChI is InChI=1S/C11H15N5O2/c1-6-2-8(18-7(6)3-17)16-5-15-9-10(12)13-4-14-11(9)16/h4-8,17H,2-3H2,1H3,(H2,12,13,14)/t6-,7+,8+/m0/s1. The van der Waals surface area contributed by atoms with E-state index >= 15 is 0 Å². The van der Waals surface area contributed by atoms with Crippen molar-refractivity contribution in [3.63, 3.8) is 0 Å². The molecule has 3 N–H and O–H groups in total. The number of aromatic nitrogens is 4. The van der Waals surface area contributed by atoms with E-state index in [1.807, 2.05) is 4.57 Å². The van der Waals surface area contributed by atoms with Crippen LogP contribution in [0.2, 0.25) is 0 Å². The average molecular weight is 249 g/mol. The van der Waals surface area contributed by atoms with Gasteiger partial charge in [-0.3, -0.25) is 4.57 Å². The largest absolute Gasteiger partial charge is 0.394 e. The van der Waals surface area contributed by atoms with Crippen molar-refractivity contribution in [2.45, 2.75) is 25.7 Å². The molecule has 1 aliphatic rings. The Morgan fingerprint density at radius 3 is 3.06 bits per heavy atom. The molecular weight excluding hydrogens is 234 g/mol. The topological polar surface area (TPSA) is 99.1 Å². The van der Waals surface area contributed by atoms with Gasteiger partial charge in [-0.1, -0.05) is 6.92 Å². The predicted molar refractivity (Wildman–Crippen MR) is 64.5 cm³/mol. The van der Waals surface area contributed by atoms with Crippen molar-refractivity contribution >= 4 is 17.0 Å². The van der Waals surface area contributed by atoms with Crippen LogP contribution in [-0.4, -0.2) is 37.3 Å². The Kier molecular flexibility index (Phi) is 2.64. The Hall–Kier alpha value is -1.73. The molecule has 0 unspecified atom stereocenters. The summed E-state index contributed by atoms with van der Waals surface area (Å²) in [5.74, 6) is 0.667. The van der Waals surface area contributed by atoms with Crippen LogP contribution in [0.3, 0.4) is 0 Å². The number of hydrogen-bond acceptors (Lipinski definition) is 6. The first-order chi connectivity index (χ1) is 8.70. The van der Waals surface area contributed by atoms with E-state index in [4.69, 9.17) is 10.5 Å². The summed E-state index contributed by atoms with van der Waals surface area (Å²) in [4.78, 5) is 12.3. The van der Waals surface area contributed by atoms with Crippen molar-refractivity contribution in [2.24, 2.45) is 5.92 Å². The third-order valence-electron chi connectivity index (χ3n) is 3.42. The zero-order valence-corrected chi connectivity index (χ0v) is 10.0. The van der Waals surface area contributed by atoms with E-state index in [1.165, 1.54) is 6.33 Å². The molecule has 0 aliphatic carbocycles. The second-order valence-electron chi connectivity index (χ2n) is 4.61. The Bertz CT molecular complexity index is 570. The zero-order valence-electron chi connectivity index (χ0n) is 10.0. The Morgan fingerprint density at radius 2 is 2.33 bits per heavy atom. The third kappa shape index (κ3) is 1.63. The maximum Gasteiger partial charge on any atom is 0.167 e. The average Bonchev–Trinajstić information content (AvgIpc) is 2.93. The molecular formula is C11H15N5O2. The van der Waals surface area contributed by atoms with E-state index in [0.717, 1.165) is 6.42 Å². The minimum Gasteiger partial charge on any atom is -0.394 e. The SMILES string of the molecule is C[C@H]1C[C@H](n2cnc3c(N)ncnc32)O[C@@H]1CO. The van der Waals surface area contributed by atoms with Gasteiger partial charge in [-0.15, -0.1) is 0 Å². The van der Waals surface area contributed by atoms with Gasteiger partial charge in [0.15, 0.2) is 11.5 Å². The van der Waals surface area contributed by atoms with Gasteiger partial charge in [0.2, 0.25) is 0 Å². The molecule has 0 radical (unpaired) electrons. The van der Waals surface area contributed by atoms with E-state index in [-0.39, 0.29) is 18.9 Å². The first kappa shape index (κ1) is 11.4. The zero-order chi connectivity index (χ0) is 12.7. The number of nitrogen functional groups attached to an aromatic ring is 1. The smallest absolute Gasteiger partial charge is 0.167 e. The highest BCUT2D eigenvalue weighted by Crippen LogP contribution is 2.34. The lowest BCUT2D eigenvalue weighted by molar-refractivity contribution is -0.0277. The number of nitrogens with zero attached hydrogens (tertiary/aromatic N) is 4. The minimum absolute atomic E-state index is 0.0292. The number of imidazole rings is 1. The number of hydrogen-bond donors (Lipinski definition) is 2. The quantitative estimate of drug-likeness (QED) is 0.795. The molecule has 7 nitrogen and oxygen atoms in total. The number of aliphatic hydroxyl groups is 1. The Labute approximate surface area is 104 Å². The number of rotatable bonds is 2. The summed E-state index contributed by atoms with van der Waals surface area (Å²) in [7, 11) is 0. The lowest BCUT2D eigenvalue weighted by atomic mass is 10.0. The van der Waals surface area contributed by atoms with Crippen LogP contribution >= 0.6 is 0 Å². The summed E-state index contributed by atoms with van der Waals surface area (Å²) in [5.41, 5.74) is 6.99. The summed E-state index contributed by atoms with van der Waals surface area (Å²) >= 11 is 0. The summed E-state index contributed by atoms with van der Waals surface area (Å²) in [6, 6.07) is 0. The van der Waals surface area contributed by atoms with Gasteiger partial charge in [-0.2, -0.15) is 0 Å². The first-order valence-electron chi connectivity index (χ1n) is 5.90. The Balaban J connectivity index is 1.99. The van der Waals surface area contributed by atoms with Gasteiger partial charge in [0.1, 0.15) is 18.1 Å². The van der Waals surface area contributed by atoms with Crippen molar-refractivity contribution < 1.29 is 9.84 Å². The van der Waals surface area contributed by atoms with Crippen molar-refractivity contribution in [2.75, 3.05) is 12.3 Å². The molecule has 1 fully saturated rings. The van der Waals surface area contributed by atoms with Gasteiger partial charge in [-0.25, -0.2) is 15.0 Å². The molecule has 3 rings (SSSR count). The van der Waals surface area contributed by atoms with Crippen LogP contribution < -0.4 is 5.73 Å². The molecule has 0 aromatic carbocycles. The van der Waals surface area contributed by atoms with Gasteiger partial charge >= 0.3 is 0 Å². The number of ether oxygens (including phenoxy) is 1. The first-order valence-corrected chi connectivity index (χ1v) is 5.90. The van der Waals surface area contributed by atoms with E-state index in [9.17, 15) is 5.11 Å². The van der Waals surface area contributed by atoms with Crippen LogP contribution in [0.15, 0.2) is 12.7 Å². The number of aliphatic hydroxyl groups excluding tert-OH is 1. The number of anilines is 1. The summed E-state index contributed by atoms with van der Waals surface area (Å²) in [6.45, 7) is 2.09. The highest BCUT2D eigenvalue weighted by molar-refractivity contribution is 5.81. The maximum atomic E-state index is 9.21. The molecule has 7 heteroatoms. The molecule has 0 amide bonds.